The molecule has 0 bridgehead atoms. The SMILES string of the molecule is CC(C)(N)CN1CC=C2N=C(N3CCC[C@@H]3c3cc(F)ccc3F)C=CN21. The summed E-state index contributed by atoms with van der Waals surface area (Å²) in [5, 5.41) is 4.14. The molecule has 4 rings (SSSR count). The molecule has 2 N–H and O–H groups in total. The third-order valence-corrected chi connectivity index (χ3v) is 5.07. The average molecular weight is 373 g/mol. The van der Waals surface area contributed by atoms with Gasteiger partial charge < -0.3 is 10.6 Å². The molecule has 1 atom stereocenters. The highest BCUT2D eigenvalue weighted by atomic mass is 19.1. The van der Waals surface area contributed by atoms with Gasteiger partial charge in [0.2, 0.25) is 0 Å². The van der Waals surface area contributed by atoms with Crippen molar-refractivity contribution in [3.63, 3.8) is 0 Å². The van der Waals surface area contributed by atoms with Gasteiger partial charge in [-0.15, -0.1) is 0 Å². The van der Waals surface area contributed by atoms with Crippen molar-refractivity contribution in [3.8, 4) is 0 Å². The maximum absolute atomic E-state index is 14.3. The molecule has 0 aromatic heterocycles. The molecule has 0 aliphatic carbocycles. The number of likely N-dealkylation sites (tertiary alicyclic amines) is 1. The van der Waals surface area contributed by atoms with E-state index in [1.54, 1.807) is 0 Å². The van der Waals surface area contributed by atoms with Gasteiger partial charge in [0.25, 0.3) is 0 Å². The van der Waals surface area contributed by atoms with Gasteiger partial charge in [0, 0.05) is 36.9 Å². The van der Waals surface area contributed by atoms with Crippen molar-refractivity contribution in [2.75, 3.05) is 19.6 Å². The van der Waals surface area contributed by atoms with Gasteiger partial charge in [0.1, 0.15) is 23.3 Å². The van der Waals surface area contributed by atoms with Crippen molar-refractivity contribution in [3.05, 3.63) is 59.6 Å². The van der Waals surface area contributed by atoms with Crippen LogP contribution >= 0.6 is 0 Å². The van der Waals surface area contributed by atoms with Crippen LogP contribution in [0.5, 0.6) is 0 Å². The van der Waals surface area contributed by atoms with Crippen LogP contribution in [0.2, 0.25) is 0 Å². The first-order valence-corrected chi connectivity index (χ1v) is 9.33. The molecule has 5 nitrogen and oxygen atoms in total. The Bertz CT molecular complexity index is 824. The Kier molecular flexibility index (Phi) is 4.52. The molecule has 0 saturated carbocycles. The van der Waals surface area contributed by atoms with E-state index < -0.39 is 5.82 Å². The van der Waals surface area contributed by atoms with Gasteiger partial charge in [-0.05, 0) is 57.0 Å². The molecule has 1 aromatic rings. The van der Waals surface area contributed by atoms with Crippen molar-refractivity contribution >= 4 is 5.84 Å². The molecule has 0 spiro atoms. The number of nitrogens with two attached hydrogens (primary N) is 1. The van der Waals surface area contributed by atoms with Gasteiger partial charge in [-0.2, -0.15) is 0 Å². The summed E-state index contributed by atoms with van der Waals surface area (Å²) in [6, 6.07) is 3.47. The Balaban J connectivity index is 1.55. The van der Waals surface area contributed by atoms with Crippen molar-refractivity contribution < 1.29 is 8.78 Å². The van der Waals surface area contributed by atoms with E-state index in [4.69, 9.17) is 10.7 Å². The first-order valence-electron chi connectivity index (χ1n) is 9.33. The predicted molar refractivity (Wildman–Crippen MR) is 101 cm³/mol. The van der Waals surface area contributed by atoms with Crippen LogP contribution in [0.15, 0.2) is 47.4 Å². The fourth-order valence-corrected chi connectivity index (χ4v) is 3.98. The van der Waals surface area contributed by atoms with Crippen LogP contribution in [-0.4, -0.2) is 45.9 Å². The number of hydrogen-bond donors (Lipinski definition) is 1. The molecule has 3 aliphatic rings. The number of amidine groups is 1. The Morgan fingerprint density at radius 2 is 2.11 bits per heavy atom. The molecular weight excluding hydrogens is 348 g/mol. The van der Waals surface area contributed by atoms with Crippen LogP contribution in [0, 0.1) is 11.6 Å². The Morgan fingerprint density at radius 1 is 1.30 bits per heavy atom. The molecule has 3 heterocycles. The third kappa shape index (κ3) is 3.61. The minimum absolute atomic E-state index is 0.197. The highest BCUT2D eigenvalue weighted by Gasteiger charge is 2.33. The number of aliphatic imine (C=N–C) groups is 1. The largest absolute Gasteiger partial charge is 0.349 e. The molecule has 7 heteroatoms. The maximum Gasteiger partial charge on any atom is 0.146 e. The molecule has 3 aliphatic heterocycles. The summed E-state index contributed by atoms with van der Waals surface area (Å²) in [5.41, 5.74) is 6.24. The monoisotopic (exact) mass is 373 g/mol. The molecule has 0 unspecified atom stereocenters. The van der Waals surface area contributed by atoms with Crippen molar-refractivity contribution in [2.24, 2.45) is 10.7 Å². The summed E-state index contributed by atoms with van der Waals surface area (Å²) in [7, 11) is 0. The summed E-state index contributed by atoms with van der Waals surface area (Å²) in [5.74, 6) is 0.857. The fraction of sp³-hybridized carbons (Fsp3) is 0.450. The second-order valence-electron chi connectivity index (χ2n) is 8.05. The number of nitrogens with zero attached hydrogens (tertiary/aromatic N) is 4. The second kappa shape index (κ2) is 6.73. The summed E-state index contributed by atoms with van der Waals surface area (Å²) >= 11 is 0. The van der Waals surface area contributed by atoms with E-state index in [9.17, 15) is 8.78 Å². The second-order valence-corrected chi connectivity index (χ2v) is 8.05. The lowest BCUT2D eigenvalue weighted by Crippen LogP contribution is -2.49. The van der Waals surface area contributed by atoms with Crippen LogP contribution in [0.3, 0.4) is 0 Å². The van der Waals surface area contributed by atoms with Gasteiger partial charge >= 0.3 is 0 Å². The van der Waals surface area contributed by atoms with E-state index in [0.717, 1.165) is 43.7 Å². The standard InChI is InChI=1S/C20H25F2N5/c1-20(2,23)13-25-10-7-19-24-18(8-11-27(19)25)26-9-3-4-17(26)15-12-14(21)5-6-16(15)22/h5-8,11-12,17H,3-4,9-10,13,23H2,1-2H3/t17-/m1/s1. The lowest BCUT2D eigenvalue weighted by atomic mass is 10.0. The van der Waals surface area contributed by atoms with E-state index in [1.165, 1.54) is 12.1 Å². The summed E-state index contributed by atoms with van der Waals surface area (Å²) in [4.78, 5) is 6.85. The summed E-state index contributed by atoms with van der Waals surface area (Å²) in [6.45, 7) is 6.23. The smallest absolute Gasteiger partial charge is 0.146 e. The van der Waals surface area contributed by atoms with Crippen molar-refractivity contribution in [1.82, 2.24) is 14.9 Å². The lowest BCUT2D eigenvalue weighted by Gasteiger charge is -2.36. The van der Waals surface area contributed by atoms with E-state index in [2.05, 4.69) is 16.0 Å². The summed E-state index contributed by atoms with van der Waals surface area (Å²) in [6.07, 6.45) is 7.68. The molecule has 0 amide bonds. The van der Waals surface area contributed by atoms with Crippen LogP contribution in [-0.2, 0) is 0 Å². The minimum atomic E-state index is -0.413. The fourth-order valence-electron chi connectivity index (χ4n) is 3.98. The molecule has 144 valence electrons. The molecule has 1 aromatic carbocycles. The zero-order valence-corrected chi connectivity index (χ0v) is 15.7. The van der Waals surface area contributed by atoms with Crippen molar-refractivity contribution in [1.29, 1.82) is 0 Å². The number of benzene rings is 1. The number of rotatable bonds is 3. The average Bonchev–Trinajstić information content (AvgIpc) is 3.23. The van der Waals surface area contributed by atoms with Gasteiger partial charge in [-0.1, -0.05) is 0 Å². The highest BCUT2D eigenvalue weighted by Crippen LogP contribution is 2.35. The Hall–Kier alpha value is -2.25. The van der Waals surface area contributed by atoms with E-state index in [0.29, 0.717) is 12.1 Å². The van der Waals surface area contributed by atoms with Gasteiger partial charge in [0.05, 0.1) is 6.04 Å². The van der Waals surface area contributed by atoms with E-state index >= 15 is 0 Å². The van der Waals surface area contributed by atoms with Gasteiger partial charge in [-0.25, -0.2) is 18.8 Å². The normalized spacial score (nSPS) is 22.9. The third-order valence-electron chi connectivity index (χ3n) is 5.07. The maximum atomic E-state index is 14.3. The van der Waals surface area contributed by atoms with Crippen LogP contribution < -0.4 is 5.73 Å². The van der Waals surface area contributed by atoms with Gasteiger partial charge in [0.15, 0.2) is 0 Å². The van der Waals surface area contributed by atoms with E-state index in [1.807, 2.05) is 31.1 Å². The van der Waals surface area contributed by atoms with Gasteiger partial charge in [-0.3, -0.25) is 5.01 Å². The first-order chi connectivity index (χ1) is 12.8. The van der Waals surface area contributed by atoms with Crippen LogP contribution in [0.1, 0.15) is 38.3 Å². The molecule has 27 heavy (non-hydrogen) atoms. The number of fused-ring (bicyclic) bond motifs is 1. The molecule has 1 saturated heterocycles. The zero-order chi connectivity index (χ0) is 19.2. The number of hydrazine groups is 1. The highest BCUT2D eigenvalue weighted by molar-refractivity contribution is 5.95. The topological polar surface area (TPSA) is 48.1 Å². The molecule has 0 radical (unpaired) electrons. The summed E-state index contributed by atoms with van der Waals surface area (Å²) < 4.78 is 28.0. The number of hydrogen-bond acceptors (Lipinski definition) is 5. The lowest BCUT2D eigenvalue weighted by molar-refractivity contribution is 0.0669. The number of halogens is 2. The van der Waals surface area contributed by atoms with Crippen LogP contribution in [0.4, 0.5) is 8.78 Å². The predicted octanol–water partition coefficient (Wildman–Crippen LogP) is 3.14. The van der Waals surface area contributed by atoms with E-state index in [-0.39, 0.29) is 17.4 Å². The Morgan fingerprint density at radius 3 is 2.89 bits per heavy atom. The van der Waals surface area contributed by atoms with Crippen LogP contribution in [0.25, 0.3) is 0 Å². The minimum Gasteiger partial charge on any atom is -0.349 e. The Labute approximate surface area is 158 Å². The molecule has 1 fully saturated rings. The first kappa shape index (κ1) is 18.1. The zero-order valence-electron chi connectivity index (χ0n) is 15.7. The van der Waals surface area contributed by atoms with Crippen molar-refractivity contribution in [2.45, 2.75) is 38.3 Å². The quantitative estimate of drug-likeness (QED) is 0.884. The molecular formula is C20H25F2N5.